The molecule has 1 aromatic heterocycles. The summed E-state index contributed by atoms with van der Waals surface area (Å²) in [4.78, 5) is 6.40. The molecule has 0 saturated heterocycles. The van der Waals surface area contributed by atoms with Crippen LogP contribution in [0.1, 0.15) is 52.2 Å². The van der Waals surface area contributed by atoms with Gasteiger partial charge in [0, 0.05) is 18.9 Å². The number of rotatable bonds is 5. The fourth-order valence-corrected chi connectivity index (χ4v) is 1.50. The molecule has 0 radical (unpaired) electrons. The second kappa shape index (κ2) is 15.0. The molecule has 0 aliphatic rings. The van der Waals surface area contributed by atoms with E-state index >= 15 is 0 Å². The van der Waals surface area contributed by atoms with Crippen LogP contribution in [0.25, 0.3) is 0 Å². The number of pyridine rings is 1. The summed E-state index contributed by atoms with van der Waals surface area (Å²) in [5.41, 5.74) is 3.58. The Morgan fingerprint density at radius 3 is 2.19 bits per heavy atom. The quantitative estimate of drug-likeness (QED) is 0.688. The lowest BCUT2D eigenvalue weighted by Crippen LogP contribution is -2.10. The van der Waals surface area contributed by atoms with Gasteiger partial charge in [0.15, 0.2) is 0 Å². The van der Waals surface area contributed by atoms with Crippen LogP contribution in [-0.2, 0) is 13.0 Å². The van der Waals surface area contributed by atoms with Crippen molar-refractivity contribution in [3.05, 3.63) is 53.9 Å². The Balaban J connectivity index is 0. The maximum absolute atomic E-state index is 4.25. The van der Waals surface area contributed by atoms with E-state index in [2.05, 4.69) is 56.5 Å². The monoisotopic (exact) mass is 290 g/mol. The van der Waals surface area contributed by atoms with Gasteiger partial charge < -0.3 is 4.90 Å². The van der Waals surface area contributed by atoms with Gasteiger partial charge in [-0.05, 0) is 38.6 Å². The number of nitrogens with zero attached hydrogens (tertiary/aromatic N) is 2. The van der Waals surface area contributed by atoms with E-state index in [0.717, 1.165) is 18.5 Å². The van der Waals surface area contributed by atoms with Crippen molar-refractivity contribution in [3.8, 4) is 0 Å². The van der Waals surface area contributed by atoms with Gasteiger partial charge in [0.05, 0.1) is 0 Å². The van der Waals surface area contributed by atoms with E-state index in [1.54, 1.807) is 0 Å². The lowest BCUT2D eigenvalue weighted by Gasteiger charge is -2.09. The van der Waals surface area contributed by atoms with E-state index in [0.29, 0.717) is 0 Å². The summed E-state index contributed by atoms with van der Waals surface area (Å²) in [5, 5.41) is 0. The van der Waals surface area contributed by atoms with Crippen molar-refractivity contribution >= 4 is 0 Å². The van der Waals surface area contributed by atoms with Gasteiger partial charge in [0.1, 0.15) is 0 Å². The van der Waals surface area contributed by atoms with Crippen LogP contribution in [0, 0.1) is 0 Å². The first-order valence-electron chi connectivity index (χ1n) is 7.89. The fraction of sp³-hybridized carbons (Fsp3) is 0.526. The highest BCUT2D eigenvalue weighted by atomic mass is 15.0. The second-order valence-corrected chi connectivity index (χ2v) is 5.10. The third kappa shape index (κ3) is 14.8. The molecule has 0 aromatic carbocycles. The Bertz CT molecular complexity index is 392. The average molecular weight is 290 g/mol. The first-order chi connectivity index (χ1) is 9.99. The highest BCUT2D eigenvalue weighted by Crippen LogP contribution is 2.06. The summed E-state index contributed by atoms with van der Waals surface area (Å²) in [6.45, 7) is 15.0. The zero-order chi connectivity index (χ0) is 16.7. The van der Waals surface area contributed by atoms with Crippen molar-refractivity contribution in [3.63, 3.8) is 0 Å². The summed E-state index contributed by atoms with van der Waals surface area (Å²) < 4.78 is 0. The van der Waals surface area contributed by atoms with E-state index in [4.69, 9.17) is 0 Å². The number of hydrogen-bond acceptors (Lipinski definition) is 2. The normalized spacial score (nSPS) is 9.71. The first kappa shape index (κ1) is 21.9. The molecule has 0 N–H and O–H groups in total. The summed E-state index contributed by atoms with van der Waals surface area (Å²) in [6.07, 6.45) is 10.2. The molecule has 1 aromatic rings. The topological polar surface area (TPSA) is 16.1 Å². The predicted octanol–water partition coefficient (Wildman–Crippen LogP) is 5.26. The molecule has 0 bridgehead atoms. The third-order valence-corrected chi connectivity index (χ3v) is 2.11. The van der Waals surface area contributed by atoms with E-state index in [9.17, 15) is 0 Å². The van der Waals surface area contributed by atoms with E-state index in [1.165, 1.54) is 17.5 Å². The molecule has 0 atom stereocenters. The van der Waals surface area contributed by atoms with Crippen LogP contribution in [0.3, 0.4) is 0 Å². The number of aromatic nitrogens is 1. The highest BCUT2D eigenvalue weighted by Gasteiger charge is 1.97. The fourth-order valence-electron chi connectivity index (χ4n) is 1.50. The lowest BCUT2D eigenvalue weighted by atomic mass is 10.1. The van der Waals surface area contributed by atoms with Crippen LogP contribution >= 0.6 is 0 Å². The van der Waals surface area contributed by atoms with Gasteiger partial charge in [-0.2, -0.15) is 0 Å². The van der Waals surface area contributed by atoms with Crippen LogP contribution < -0.4 is 0 Å². The molecule has 0 spiro atoms. The molecule has 0 aliphatic heterocycles. The summed E-state index contributed by atoms with van der Waals surface area (Å²) in [7, 11) is 4.13. The third-order valence-electron chi connectivity index (χ3n) is 2.11. The van der Waals surface area contributed by atoms with Crippen LogP contribution in [0.4, 0.5) is 0 Å². The Hall–Kier alpha value is -1.41. The van der Waals surface area contributed by atoms with Crippen molar-refractivity contribution in [2.45, 2.75) is 54.0 Å². The van der Waals surface area contributed by atoms with Gasteiger partial charge in [0.25, 0.3) is 0 Å². The smallest absolute Gasteiger partial charge is 0.0313 e. The Morgan fingerprint density at radius 1 is 1.19 bits per heavy atom. The molecule has 0 amide bonds. The van der Waals surface area contributed by atoms with Crippen LogP contribution in [-0.4, -0.2) is 24.0 Å². The van der Waals surface area contributed by atoms with Crippen molar-refractivity contribution in [1.29, 1.82) is 0 Å². The average Bonchev–Trinajstić information content (AvgIpc) is 2.41. The molecule has 1 heterocycles. The van der Waals surface area contributed by atoms with Gasteiger partial charge in [0.2, 0.25) is 0 Å². The Labute approximate surface area is 132 Å². The highest BCUT2D eigenvalue weighted by molar-refractivity contribution is 5.22. The molecule has 2 heteroatoms. The first-order valence-corrected chi connectivity index (χ1v) is 7.89. The maximum Gasteiger partial charge on any atom is 0.0313 e. The van der Waals surface area contributed by atoms with Gasteiger partial charge in [-0.3, -0.25) is 4.98 Å². The summed E-state index contributed by atoms with van der Waals surface area (Å²) >= 11 is 0. The molecule has 120 valence electrons. The van der Waals surface area contributed by atoms with Crippen LogP contribution in [0.15, 0.2) is 42.8 Å². The van der Waals surface area contributed by atoms with Crippen LogP contribution in [0.2, 0.25) is 0 Å². The minimum atomic E-state index is 0.918. The van der Waals surface area contributed by atoms with Gasteiger partial charge in [-0.15, -0.1) is 0 Å². The molecule has 0 unspecified atom stereocenters. The van der Waals surface area contributed by atoms with E-state index in [-0.39, 0.29) is 0 Å². The number of hydrogen-bond donors (Lipinski definition) is 0. The molecule has 0 saturated carbocycles. The molecule has 21 heavy (non-hydrogen) atoms. The lowest BCUT2D eigenvalue weighted by molar-refractivity contribution is 0.402. The van der Waals surface area contributed by atoms with Gasteiger partial charge in [-0.1, -0.05) is 64.5 Å². The standard InChI is InChI=1S/C14H20N2.C3H8.C2H6/c1-12(2)6-5-7-13-8-14(10-15-9-13)11-16(3)4;1-3-2;1-2/h5-6,8-10H,1,7,11H2,2-4H3;3H2,1-2H3;1-2H3/b6-5+;;. The second-order valence-electron chi connectivity index (χ2n) is 5.10. The number of allylic oxidation sites excluding steroid dienone is 3. The SMILES string of the molecule is C=C(C)/C=C/Cc1cncc(CN(C)C)c1.CC.CCC. The summed E-state index contributed by atoms with van der Waals surface area (Å²) in [5.74, 6) is 0. The van der Waals surface area contributed by atoms with Gasteiger partial charge >= 0.3 is 0 Å². The maximum atomic E-state index is 4.25. The molecular formula is C19H34N2. The minimum Gasteiger partial charge on any atom is -0.305 e. The van der Waals surface area contributed by atoms with Gasteiger partial charge in [-0.25, -0.2) is 0 Å². The predicted molar refractivity (Wildman–Crippen MR) is 96.6 cm³/mol. The zero-order valence-corrected chi connectivity index (χ0v) is 15.1. The zero-order valence-electron chi connectivity index (χ0n) is 15.1. The van der Waals surface area contributed by atoms with Crippen LogP contribution in [0.5, 0.6) is 0 Å². The van der Waals surface area contributed by atoms with Crippen molar-refractivity contribution in [2.24, 2.45) is 0 Å². The molecule has 0 fully saturated rings. The van der Waals surface area contributed by atoms with Crippen molar-refractivity contribution in [2.75, 3.05) is 14.1 Å². The Morgan fingerprint density at radius 2 is 1.71 bits per heavy atom. The van der Waals surface area contributed by atoms with E-state index in [1.807, 2.05) is 39.2 Å². The van der Waals surface area contributed by atoms with Crippen molar-refractivity contribution in [1.82, 2.24) is 9.88 Å². The van der Waals surface area contributed by atoms with Crippen molar-refractivity contribution < 1.29 is 0 Å². The summed E-state index contributed by atoms with van der Waals surface area (Å²) in [6, 6.07) is 2.20. The Kier molecular flexibility index (Phi) is 15.6. The minimum absolute atomic E-state index is 0.918. The largest absolute Gasteiger partial charge is 0.305 e. The van der Waals surface area contributed by atoms with E-state index < -0.39 is 0 Å². The molecular weight excluding hydrogens is 256 g/mol. The molecule has 0 aliphatic carbocycles. The molecule has 1 rings (SSSR count). The molecule has 2 nitrogen and oxygen atoms in total.